The van der Waals surface area contributed by atoms with E-state index in [1.165, 1.54) is 23.9 Å². The predicted molar refractivity (Wildman–Crippen MR) is 101 cm³/mol. The average Bonchev–Trinajstić information content (AvgIpc) is 3.05. The first-order chi connectivity index (χ1) is 12.5. The zero-order valence-corrected chi connectivity index (χ0v) is 16.0. The summed E-state index contributed by atoms with van der Waals surface area (Å²) in [5, 5.41) is 8.19. The zero-order chi connectivity index (χ0) is 18.3. The van der Waals surface area contributed by atoms with Gasteiger partial charge < -0.3 is 0 Å². The van der Waals surface area contributed by atoms with E-state index in [1.807, 2.05) is 37.4 Å². The van der Waals surface area contributed by atoms with Gasteiger partial charge in [-0.25, -0.2) is 8.78 Å². The van der Waals surface area contributed by atoms with Crippen molar-refractivity contribution in [3.63, 3.8) is 0 Å². The third-order valence-electron chi connectivity index (χ3n) is 3.97. The largest absolute Gasteiger partial charge is 0.287 e. The highest BCUT2D eigenvalue weighted by Crippen LogP contribution is 2.35. The Morgan fingerprint density at radius 2 is 1.88 bits per heavy atom. The van der Waals surface area contributed by atoms with Gasteiger partial charge in [0.15, 0.2) is 5.65 Å². The molecule has 2 aromatic carbocycles. The fraction of sp³-hybridized carbons (Fsp3) is 0.0526. The minimum absolute atomic E-state index is 0.359. The van der Waals surface area contributed by atoms with Gasteiger partial charge in [-0.2, -0.15) is 0 Å². The number of benzene rings is 2. The van der Waals surface area contributed by atoms with Gasteiger partial charge in [-0.1, -0.05) is 33.8 Å². The summed E-state index contributed by atoms with van der Waals surface area (Å²) in [4.78, 5) is 1.16. The Morgan fingerprint density at radius 1 is 1.04 bits per heavy atom. The van der Waals surface area contributed by atoms with E-state index in [4.69, 9.17) is 0 Å². The lowest BCUT2D eigenvalue weighted by atomic mass is 10.0. The van der Waals surface area contributed by atoms with E-state index in [2.05, 4.69) is 26.1 Å². The van der Waals surface area contributed by atoms with Crippen LogP contribution in [-0.2, 0) is 0 Å². The number of halogens is 3. The Balaban J connectivity index is 1.84. The molecule has 0 amide bonds. The zero-order valence-electron chi connectivity index (χ0n) is 13.6. The molecular formula is C19H12BrF2N3S. The lowest BCUT2D eigenvalue weighted by Crippen LogP contribution is -1.92. The van der Waals surface area contributed by atoms with Gasteiger partial charge in [-0.05, 0) is 48.4 Å². The van der Waals surface area contributed by atoms with Gasteiger partial charge in [0.05, 0.1) is 0 Å². The Kier molecular flexibility index (Phi) is 4.50. The second-order valence-corrected chi connectivity index (χ2v) is 7.82. The summed E-state index contributed by atoms with van der Waals surface area (Å²) < 4.78 is 30.0. The fourth-order valence-electron chi connectivity index (χ4n) is 2.78. The quantitative estimate of drug-likeness (QED) is 0.404. The van der Waals surface area contributed by atoms with E-state index >= 15 is 0 Å². The molecule has 0 aliphatic carbocycles. The SMILES string of the molecule is Cc1cc(Br)ccc1-c1cc(Sc2ccc(F)cc2F)cn2cnnc12. The minimum atomic E-state index is -0.590. The van der Waals surface area contributed by atoms with Crippen LogP contribution < -0.4 is 0 Å². The van der Waals surface area contributed by atoms with Gasteiger partial charge in [0.1, 0.15) is 18.0 Å². The Morgan fingerprint density at radius 3 is 2.65 bits per heavy atom. The highest BCUT2D eigenvalue weighted by Gasteiger charge is 2.13. The number of aromatic nitrogens is 3. The second kappa shape index (κ2) is 6.81. The van der Waals surface area contributed by atoms with Gasteiger partial charge in [-0.3, -0.25) is 4.40 Å². The molecule has 0 aliphatic heterocycles. The number of aryl methyl sites for hydroxylation is 1. The van der Waals surface area contributed by atoms with Crippen LogP contribution in [0.4, 0.5) is 8.78 Å². The maximum Gasteiger partial charge on any atom is 0.168 e. The number of nitrogens with zero attached hydrogens (tertiary/aromatic N) is 3. The topological polar surface area (TPSA) is 30.2 Å². The molecule has 0 fully saturated rings. The molecule has 2 heterocycles. The maximum atomic E-state index is 14.0. The Bertz CT molecular complexity index is 1130. The van der Waals surface area contributed by atoms with Crippen LogP contribution in [0.2, 0.25) is 0 Å². The number of rotatable bonds is 3. The molecule has 0 bridgehead atoms. The molecule has 0 atom stereocenters. The molecule has 130 valence electrons. The Hall–Kier alpha value is -2.25. The lowest BCUT2D eigenvalue weighted by molar-refractivity contribution is 0.565. The molecular weight excluding hydrogens is 420 g/mol. The summed E-state index contributed by atoms with van der Waals surface area (Å²) in [6, 6.07) is 11.5. The molecule has 0 spiro atoms. The molecule has 0 aliphatic rings. The van der Waals surface area contributed by atoms with E-state index in [9.17, 15) is 8.78 Å². The molecule has 0 N–H and O–H groups in total. The molecule has 0 saturated heterocycles. The van der Waals surface area contributed by atoms with Crippen molar-refractivity contribution in [2.75, 3.05) is 0 Å². The molecule has 26 heavy (non-hydrogen) atoms. The van der Waals surface area contributed by atoms with Gasteiger partial charge in [0, 0.05) is 32.1 Å². The van der Waals surface area contributed by atoms with Gasteiger partial charge >= 0.3 is 0 Å². The van der Waals surface area contributed by atoms with Gasteiger partial charge in [-0.15, -0.1) is 10.2 Å². The van der Waals surface area contributed by atoms with Crippen LogP contribution in [0.5, 0.6) is 0 Å². The number of pyridine rings is 1. The van der Waals surface area contributed by atoms with Crippen LogP contribution in [0, 0.1) is 18.6 Å². The van der Waals surface area contributed by atoms with Gasteiger partial charge in [0.2, 0.25) is 0 Å². The van der Waals surface area contributed by atoms with Crippen molar-refractivity contribution in [3.8, 4) is 11.1 Å². The Labute approximate surface area is 161 Å². The van der Waals surface area contributed by atoms with Crippen molar-refractivity contribution in [1.29, 1.82) is 0 Å². The van der Waals surface area contributed by atoms with Crippen LogP contribution in [0.3, 0.4) is 0 Å². The van der Waals surface area contributed by atoms with E-state index in [-0.39, 0.29) is 0 Å². The first-order valence-corrected chi connectivity index (χ1v) is 9.35. The second-order valence-electron chi connectivity index (χ2n) is 5.79. The summed E-state index contributed by atoms with van der Waals surface area (Å²) >= 11 is 4.71. The molecule has 4 aromatic rings. The van der Waals surface area contributed by atoms with E-state index < -0.39 is 11.6 Å². The first kappa shape index (κ1) is 17.2. The molecule has 2 aromatic heterocycles. The van der Waals surface area contributed by atoms with E-state index in [1.54, 1.807) is 10.7 Å². The molecule has 0 saturated carbocycles. The van der Waals surface area contributed by atoms with Crippen LogP contribution >= 0.6 is 27.7 Å². The maximum absolute atomic E-state index is 14.0. The van der Waals surface area contributed by atoms with Gasteiger partial charge in [0.25, 0.3) is 0 Å². The first-order valence-electron chi connectivity index (χ1n) is 7.74. The van der Waals surface area contributed by atoms with E-state index in [0.29, 0.717) is 4.90 Å². The van der Waals surface area contributed by atoms with Crippen molar-refractivity contribution in [1.82, 2.24) is 14.6 Å². The highest BCUT2D eigenvalue weighted by atomic mass is 79.9. The summed E-state index contributed by atoms with van der Waals surface area (Å²) in [7, 11) is 0. The molecule has 3 nitrogen and oxygen atoms in total. The third-order valence-corrected chi connectivity index (χ3v) is 5.47. The van der Waals surface area contributed by atoms with Crippen LogP contribution in [0.1, 0.15) is 5.56 Å². The normalized spacial score (nSPS) is 11.2. The lowest BCUT2D eigenvalue weighted by Gasteiger charge is -2.11. The average molecular weight is 432 g/mol. The van der Waals surface area contributed by atoms with Crippen LogP contribution in [0.25, 0.3) is 16.8 Å². The van der Waals surface area contributed by atoms with Crippen molar-refractivity contribution in [2.45, 2.75) is 16.7 Å². The summed E-state index contributed by atoms with van der Waals surface area (Å²) in [6.07, 6.45) is 3.44. The molecule has 7 heteroatoms. The number of hydrogen-bond acceptors (Lipinski definition) is 3. The van der Waals surface area contributed by atoms with Crippen LogP contribution in [0.15, 0.2) is 69.3 Å². The smallest absolute Gasteiger partial charge is 0.168 e. The number of hydrogen-bond donors (Lipinski definition) is 0. The molecule has 4 rings (SSSR count). The van der Waals surface area contributed by atoms with Crippen molar-refractivity contribution < 1.29 is 8.78 Å². The van der Waals surface area contributed by atoms with Crippen molar-refractivity contribution in [3.05, 3.63) is 76.7 Å². The van der Waals surface area contributed by atoms with Crippen molar-refractivity contribution >= 4 is 33.3 Å². The third kappa shape index (κ3) is 3.24. The summed E-state index contributed by atoms with van der Waals surface area (Å²) in [5.41, 5.74) is 3.73. The summed E-state index contributed by atoms with van der Waals surface area (Å²) in [5.74, 6) is -1.17. The standard InChI is InChI=1S/C19H12BrF2N3S/c1-11-6-12(20)2-4-15(11)16-8-14(9-25-10-23-24-19(16)25)26-18-5-3-13(21)7-17(18)22/h2-10H,1H3. The predicted octanol–water partition coefficient (Wildman–Crippen LogP) is 5.90. The number of fused-ring (bicyclic) bond motifs is 1. The molecule has 0 radical (unpaired) electrons. The summed E-state index contributed by atoms with van der Waals surface area (Å²) in [6.45, 7) is 2.02. The highest BCUT2D eigenvalue weighted by molar-refractivity contribution is 9.10. The van der Waals surface area contributed by atoms with Crippen molar-refractivity contribution in [2.24, 2.45) is 0 Å². The van der Waals surface area contributed by atoms with Crippen LogP contribution in [-0.4, -0.2) is 14.6 Å². The van der Waals surface area contributed by atoms with E-state index in [0.717, 1.165) is 37.8 Å². The fourth-order valence-corrected chi connectivity index (χ4v) is 4.14. The molecule has 0 unspecified atom stereocenters. The monoisotopic (exact) mass is 431 g/mol. The minimum Gasteiger partial charge on any atom is -0.287 e.